The molecule has 0 saturated carbocycles. The highest BCUT2D eigenvalue weighted by Crippen LogP contribution is 2.21. The molecule has 1 aromatic heterocycles. The SMILES string of the molecule is C[C@@H]1[C@H](NC(=O)c2cncs2)CCCN1C(=O)OC(C)(C)C. The molecular weight excluding hydrogens is 302 g/mol. The molecule has 1 fully saturated rings. The number of amides is 2. The third-order valence-corrected chi connectivity index (χ3v) is 4.36. The van der Waals surface area contributed by atoms with Crippen molar-refractivity contribution in [3.8, 4) is 0 Å². The predicted octanol–water partition coefficient (Wildman–Crippen LogP) is 2.66. The molecule has 2 heterocycles. The number of likely N-dealkylation sites (tertiary alicyclic amines) is 1. The highest BCUT2D eigenvalue weighted by Gasteiger charge is 2.34. The zero-order valence-corrected chi connectivity index (χ0v) is 14.3. The van der Waals surface area contributed by atoms with Crippen LogP contribution in [0.5, 0.6) is 0 Å². The molecule has 6 nitrogen and oxygen atoms in total. The van der Waals surface area contributed by atoms with E-state index >= 15 is 0 Å². The number of carbonyl (C=O) groups is 2. The van der Waals surface area contributed by atoms with Crippen LogP contribution in [0.25, 0.3) is 0 Å². The first-order chi connectivity index (χ1) is 10.3. The second-order valence-electron chi connectivity index (χ2n) is 6.50. The van der Waals surface area contributed by atoms with E-state index in [4.69, 9.17) is 4.74 Å². The Morgan fingerprint density at radius 3 is 2.77 bits per heavy atom. The molecule has 0 spiro atoms. The summed E-state index contributed by atoms with van der Waals surface area (Å²) in [5, 5.41) is 3.00. The molecule has 1 aromatic rings. The molecule has 0 aromatic carbocycles. The van der Waals surface area contributed by atoms with Crippen LogP contribution in [0.3, 0.4) is 0 Å². The van der Waals surface area contributed by atoms with Crippen LogP contribution in [0.4, 0.5) is 4.79 Å². The molecule has 2 atom stereocenters. The van der Waals surface area contributed by atoms with Crippen LogP contribution >= 0.6 is 11.3 Å². The van der Waals surface area contributed by atoms with Crippen molar-refractivity contribution < 1.29 is 14.3 Å². The van der Waals surface area contributed by atoms with Gasteiger partial charge in [-0.1, -0.05) is 0 Å². The van der Waals surface area contributed by atoms with Gasteiger partial charge in [-0.2, -0.15) is 0 Å². The normalized spacial score (nSPS) is 22.3. The van der Waals surface area contributed by atoms with Gasteiger partial charge in [0.1, 0.15) is 10.5 Å². The molecule has 7 heteroatoms. The highest BCUT2D eigenvalue weighted by atomic mass is 32.1. The van der Waals surface area contributed by atoms with Gasteiger partial charge in [0.05, 0.1) is 17.7 Å². The van der Waals surface area contributed by atoms with E-state index in [1.165, 1.54) is 11.3 Å². The fourth-order valence-electron chi connectivity index (χ4n) is 2.48. The van der Waals surface area contributed by atoms with E-state index in [9.17, 15) is 9.59 Å². The summed E-state index contributed by atoms with van der Waals surface area (Å²) in [4.78, 5) is 30.6. The van der Waals surface area contributed by atoms with Gasteiger partial charge in [0.15, 0.2) is 0 Å². The molecule has 0 unspecified atom stereocenters. The summed E-state index contributed by atoms with van der Waals surface area (Å²) >= 11 is 1.31. The average molecular weight is 325 g/mol. The number of aromatic nitrogens is 1. The number of hydrogen-bond acceptors (Lipinski definition) is 5. The lowest BCUT2D eigenvalue weighted by molar-refractivity contribution is 0.00701. The molecule has 0 aliphatic carbocycles. The second-order valence-corrected chi connectivity index (χ2v) is 7.39. The fourth-order valence-corrected chi connectivity index (χ4v) is 3.00. The average Bonchev–Trinajstić information content (AvgIpc) is 2.93. The largest absolute Gasteiger partial charge is 0.444 e. The maximum Gasteiger partial charge on any atom is 0.410 e. The molecule has 22 heavy (non-hydrogen) atoms. The van der Waals surface area contributed by atoms with E-state index in [0.717, 1.165) is 12.8 Å². The van der Waals surface area contributed by atoms with Gasteiger partial charge >= 0.3 is 6.09 Å². The lowest BCUT2D eigenvalue weighted by Gasteiger charge is -2.40. The summed E-state index contributed by atoms with van der Waals surface area (Å²) < 4.78 is 5.44. The lowest BCUT2D eigenvalue weighted by Crippen LogP contribution is -2.56. The third-order valence-electron chi connectivity index (χ3n) is 3.59. The Balaban J connectivity index is 1.99. The van der Waals surface area contributed by atoms with Gasteiger partial charge < -0.3 is 15.0 Å². The van der Waals surface area contributed by atoms with Crippen molar-refractivity contribution in [2.45, 2.75) is 58.2 Å². The minimum absolute atomic E-state index is 0.0733. The van der Waals surface area contributed by atoms with Gasteiger partial charge in [0.25, 0.3) is 5.91 Å². The first kappa shape index (κ1) is 16.7. The number of hydrogen-bond donors (Lipinski definition) is 1. The van der Waals surface area contributed by atoms with Crippen LogP contribution < -0.4 is 5.32 Å². The van der Waals surface area contributed by atoms with Gasteiger partial charge in [-0.25, -0.2) is 4.79 Å². The van der Waals surface area contributed by atoms with E-state index in [2.05, 4.69) is 10.3 Å². The standard InChI is InChI=1S/C15H23N3O3S/c1-10-11(17-13(19)12-8-16-9-22-12)6-5-7-18(10)14(20)21-15(2,3)4/h8-11H,5-7H2,1-4H3,(H,17,19)/t10-,11-/m1/s1. The van der Waals surface area contributed by atoms with Gasteiger partial charge in [-0.05, 0) is 40.5 Å². The first-order valence-electron chi connectivity index (χ1n) is 7.47. The minimum atomic E-state index is -0.518. The van der Waals surface area contributed by atoms with Crippen molar-refractivity contribution in [3.05, 3.63) is 16.6 Å². The van der Waals surface area contributed by atoms with E-state index in [1.807, 2.05) is 27.7 Å². The quantitative estimate of drug-likeness (QED) is 0.907. The molecule has 1 saturated heterocycles. The number of nitrogens with one attached hydrogen (secondary N) is 1. The summed E-state index contributed by atoms with van der Waals surface area (Å²) in [6, 6.07) is -0.170. The summed E-state index contributed by atoms with van der Waals surface area (Å²) in [5.41, 5.74) is 1.11. The van der Waals surface area contributed by atoms with Crippen molar-refractivity contribution in [2.24, 2.45) is 0 Å². The van der Waals surface area contributed by atoms with Gasteiger partial charge in [-0.3, -0.25) is 9.78 Å². The zero-order valence-electron chi connectivity index (χ0n) is 13.5. The van der Waals surface area contributed by atoms with Crippen LogP contribution in [-0.4, -0.2) is 46.1 Å². The van der Waals surface area contributed by atoms with Crippen LogP contribution in [0.2, 0.25) is 0 Å². The number of nitrogens with zero attached hydrogens (tertiary/aromatic N) is 2. The Labute approximate surface area is 134 Å². The van der Waals surface area contributed by atoms with E-state index in [0.29, 0.717) is 11.4 Å². The van der Waals surface area contributed by atoms with Crippen LogP contribution in [0, 0.1) is 0 Å². The summed E-state index contributed by atoms with van der Waals surface area (Å²) in [6.45, 7) is 8.15. The first-order valence-corrected chi connectivity index (χ1v) is 8.35. The molecule has 1 aliphatic heterocycles. The third kappa shape index (κ3) is 4.19. The van der Waals surface area contributed by atoms with Crippen molar-refractivity contribution >= 4 is 23.3 Å². The Morgan fingerprint density at radius 1 is 1.45 bits per heavy atom. The number of rotatable bonds is 2. The molecule has 0 radical (unpaired) electrons. The summed E-state index contributed by atoms with van der Waals surface area (Å²) in [6.07, 6.45) is 2.93. The van der Waals surface area contributed by atoms with Crippen LogP contribution in [0.1, 0.15) is 50.2 Å². The Hall–Kier alpha value is -1.63. The molecule has 2 amide bonds. The van der Waals surface area contributed by atoms with Crippen molar-refractivity contribution in [2.75, 3.05) is 6.54 Å². The van der Waals surface area contributed by atoms with E-state index in [1.54, 1.807) is 16.6 Å². The van der Waals surface area contributed by atoms with Gasteiger partial charge in [0, 0.05) is 12.6 Å². The Kier molecular flexibility index (Phi) is 5.05. The number of piperidine rings is 1. The van der Waals surface area contributed by atoms with E-state index < -0.39 is 5.60 Å². The summed E-state index contributed by atoms with van der Waals surface area (Å²) in [5.74, 6) is -0.134. The van der Waals surface area contributed by atoms with Gasteiger partial charge in [-0.15, -0.1) is 11.3 Å². The number of ether oxygens (including phenoxy) is 1. The smallest absolute Gasteiger partial charge is 0.410 e. The minimum Gasteiger partial charge on any atom is -0.444 e. The van der Waals surface area contributed by atoms with Gasteiger partial charge in [0.2, 0.25) is 0 Å². The number of carbonyl (C=O) groups excluding carboxylic acids is 2. The summed E-state index contributed by atoms with van der Waals surface area (Å²) in [7, 11) is 0. The zero-order chi connectivity index (χ0) is 16.3. The maximum absolute atomic E-state index is 12.3. The van der Waals surface area contributed by atoms with Crippen LogP contribution in [-0.2, 0) is 4.74 Å². The number of thiazole rings is 1. The second kappa shape index (κ2) is 6.64. The molecule has 1 N–H and O–H groups in total. The Bertz CT molecular complexity index is 525. The highest BCUT2D eigenvalue weighted by molar-refractivity contribution is 7.11. The maximum atomic E-state index is 12.3. The van der Waals surface area contributed by atoms with Crippen LogP contribution in [0.15, 0.2) is 11.7 Å². The Morgan fingerprint density at radius 2 is 2.18 bits per heavy atom. The van der Waals surface area contributed by atoms with Crippen molar-refractivity contribution in [1.29, 1.82) is 0 Å². The topological polar surface area (TPSA) is 71.5 Å². The fraction of sp³-hybridized carbons (Fsp3) is 0.667. The monoisotopic (exact) mass is 325 g/mol. The predicted molar refractivity (Wildman–Crippen MR) is 85.0 cm³/mol. The van der Waals surface area contributed by atoms with Crippen molar-refractivity contribution in [1.82, 2.24) is 15.2 Å². The lowest BCUT2D eigenvalue weighted by atomic mass is 9.98. The molecule has 122 valence electrons. The molecular formula is C15H23N3O3S. The molecule has 1 aliphatic rings. The van der Waals surface area contributed by atoms with E-state index in [-0.39, 0.29) is 24.1 Å². The van der Waals surface area contributed by atoms with Crippen molar-refractivity contribution in [3.63, 3.8) is 0 Å². The molecule has 2 rings (SSSR count). The molecule has 0 bridgehead atoms.